The first kappa shape index (κ1) is 11.6. The number of aliphatic hydroxyl groups excluding tert-OH is 1. The van der Waals surface area contributed by atoms with E-state index >= 15 is 0 Å². The fraction of sp³-hybridized carbons (Fsp3) is 0.750. The summed E-state index contributed by atoms with van der Waals surface area (Å²) < 4.78 is 0. The van der Waals surface area contributed by atoms with Gasteiger partial charge in [0, 0.05) is 19.0 Å². The number of aliphatic hydroxyl groups is 1. The third kappa shape index (κ3) is 2.12. The molecule has 1 aromatic rings. The van der Waals surface area contributed by atoms with E-state index in [1.807, 2.05) is 6.92 Å². The molecule has 1 aliphatic heterocycles. The highest BCUT2D eigenvalue weighted by Gasteiger charge is 2.32. The molecule has 1 saturated heterocycles. The van der Waals surface area contributed by atoms with Gasteiger partial charge in [-0.1, -0.05) is 6.92 Å². The fourth-order valence-corrected chi connectivity index (χ4v) is 2.28. The number of piperidine rings is 1. The number of likely N-dealkylation sites (tertiary alicyclic amines) is 1. The summed E-state index contributed by atoms with van der Waals surface area (Å²) in [6.45, 7) is 3.06. The van der Waals surface area contributed by atoms with Gasteiger partial charge >= 0.3 is 0 Å². The summed E-state index contributed by atoms with van der Waals surface area (Å²) in [4.78, 5) is 18.1. The standard InChI is InChI=1S/C12H18N4O2/c1-7-4-5-16(6-9(7)17)12(18)11-13-10(14-15-11)8-2-3-8/h7-9,17H,2-6H2,1H3,(H,13,14,15). The second-order valence-corrected chi connectivity index (χ2v) is 5.40. The molecular weight excluding hydrogens is 232 g/mol. The van der Waals surface area contributed by atoms with Gasteiger partial charge in [0.05, 0.1) is 6.10 Å². The lowest BCUT2D eigenvalue weighted by molar-refractivity contribution is 0.0241. The van der Waals surface area contributed by atoms with Crippen LogP contribution in [0.15, 0.2) is 0 Å². The van der Waals surface area contributed by atoms with Crippen LogP contribution in [-0.4, -0.2) is 50.3 Å². The van der Waals surface area contributed by atoms with Crippen LogP contribution in [0, 0.1) is 5.92 Å². The number of hydrogen-bond donors (Lipinski definition) is 2. The maximum absolute atomic E-state index is 12.2. The van der Waals surface area contributed by atoms with Crippen molar-refractivity contribution in [2.75, 3.05) is 13.1 Å². The number of aromatic amines is 1. The Morgan fingerprint density at radius 3 is 2.89 bits per heavy atom. The average Bonchev–Trinajstić information content (AvgIpc) is 3.10. The van der Waals surface area contributed by atoms with Crippen LogP contribution < -0.4 is 0 Å². The van der Waals surface area contributed by atoms with Gasteiger partial charge in [0.1, 0.15) is 5.82 Å². The topological polar surface area (TPSA) is 82.1 Å². The molecule has 2 N–H and O–H groups in total. The van der Waals surface area contributed by atoms with Gasteiger partial charge in [-0.15, -0.1) is 5.10 Å². The van der Waals surface area contributed by atoms with E-state index in [1.165, 1.54) is 0 Å². The lowest BCUT2D eigenvalue weighted by Gasteiger charge is -2.33. The third-order valence-electron chi connectivity index (χ3n) is 3.86. The van der Waals surface area contributed by atoms with Crippen molar-refractivity contribution in [2.24, 2.45) is 5.92 Å². The van der Waals surface area contributed by atoms with E-state index < -0.39 is 6.10 Å². The second-order valence-electron chi connectivity index (χ2n) is 5.40. The highest BCUT2D eigenvalue weighted by atomic mass is 16.3. The summed E-state index contributed by atoms with van der Waals surface area (Å²) in [6, 6.07) is 0. The first-order valence-electron chi connectivity index (χ1n) is 6.55. The van der Waals surface area contributed by atoms with Crippen molar-refractivity contribution in [1.82, 2.24) is 20.1 Å². The van der Waals surface area contributed by atoms with Gasteiger partial charge < -0.3 is 10.0 Å². The number of H-pyrrole nitrogens is 1. The number of amides is 1. The average molecular weight is 250 g/mol. The molecule has 1 aromatic heterocycles. The molecule has 1 aliphatic carbocycles. The van der Waals surface area contributed by atoms with Gasteiger partial charge in [-0.3, -0.25) is 9.89 Å². The largest absolute Gasteiger partial charge is 0.391 e. The SMILES string of the molecule is CC1CCN(C(=O)c2n[nH]c(C3CC3)n2)CC1O. The van der Waals surface area contributed by atoms with Gasteiger partial charge in [0.25, 0.3) is 5.91 Å². The molecule has 0 radical (unpaired) electrons. The molecule has 6 heteroatoms. The summed E-state index contributed by atoms with van der Waals surface area (Å²) in [7, 11) is 0. The van der Waals surface area contributed by atoms with Gasteiger partial charge in [0.15, 0.2) is 0 Å². The van der Waals surface area contributed by atoms with Crippen molar-refractivity contribution in [1.29, 1.82) is 0 Å². The van der Waals surface area contributed by atoms with Crippen molar-refractivity contribution in [3.63, 3.8) is 0 Å². The summed E-state index contributed by atoms with van der Waals surface area (Å²) >= 11 is 0. The molecule has 2 unspecified atom stereocenters. The Balaban J connectivity index is 1.69. The third-order valence-corrected chi connectivity index (χ3v) is 3.86. The smallest absolute Gasteiger partial charge is 0.293 e. The van der Waals surface area contributed by atoms with Crippen LogP contribution in [-0.2, 0) is 0 Å². The zero-order valence-electron chi connectivity index (χ0n) is 10.5. The summed E-state index contributed by atoms with van der Waals surface area (Å²) in [5.41, 5.74) is 0. The summed E-state index contributed by atoms with van der Waals surface area (Å²) in [6.07, 6.45) is 2.64. The number of nitrogens with zero attached hydrogens (tertiary/aromatic N) is 3. The first-order chi connectivity index (χ1) is 8.65. The van der Waals surface area contributed by atoms with E-state index in [1.54, 1.807) is 4.90 Å². The first-order valence-corrected chi connectivity index (χ1v) is 6.55. The quantitative estimate of drug-likeness (QED) is 0.802. The van der Waals surface area contributed by atoms with E-state index in [2.05, 4.69) is 15.2 Å². The minimum absolute atomic E-state index is 0.177. The van der Waals surface area contributed by atoms with E-state index in [9.17, 15) is 9.90 Å². The highest BCUT2D eigenvalue weighted by Crippen LogP contribution is 2.37. The highest BCUT2D eigenvalue weighted by molar-refractivity contribution is 5.90. The van der Waals surface area contributed by atoms with Crippen LogP contribution in [0.3, 0.4) is 0 Å². The van der Waals surface area contributed by atoms with Crippen LogP contribution in [0.4, 0.5) is 0 Å². The van der Waals surface area contributed by atoms with Crippen LogP contribution in [0.2, 0.25) is 0 Å². The van der Waals surface area contributed by atoms with Gasteiger partial charge in [-0.2, -0.15) is 0 Å². The lowest BCUT2D eigenvalue weighted by Crippen LogP contribution is -2.46. The zero-order chi connectivity index (χ0) is 12.7. The molecule has 0 bridgehead atoms. The molecular formula is C12H18N4O2. The number of aromatic nitrogens is 3. The number of nitrogens with one attached hydrogen (secondary N) is 1. The molecule has 2 atom stereocenters. The molecule has 0 aromatic carbocycles. The summed E-state index contributed by atoms with van der Waals surface area (Å²) in [5, 5.41) is 16.6. The van der Waals surface area contributed by atoms with Gasteiger partial charge in [-0.25, -0.2) is 4.98 Å². The second kappa shape index (κ2) is 4.35. The Hall–Kier alpha value is -1.43. The molecule has 6 nitrogen and oxygen atoms in total. The van der Waals surface area contributed by atoms with Gasteiger partial charge in [-0.05, 0) is 25.2 Å². The predicted molar refractivity (Wildman–Crippen MR) is 64.0 cm³/mol. The molecule has 18 heavy (non-hydrogen) atoms. The van der Waals surface area contributed by atoms with Gasteiger partial charge in [0.2, 0.25) is 5.82 Å². The molecule has 1 amide bonds. The van der Waals surface area contributed by atoms with E-state index in [0.29, 0.717) is 19.0 Å². The van der Waals surface area contributed by atoms with E-state index in [0.717, 1.165) is 25.1 Å². The Morgan fingerprint density at radius 1 is 1.44 bits per heavy atom. The Morgan fingerprint density at radius 2 is 2.22 bits per heavy atom. The minimum Gasteiger partial charge on any atom is -0.391 e. The van der Waals surface area contributed by atoms with Crippen molar-refractivity contribution in [3.8, 4) is 0 Å². The number of carbonyl (C=O) groups excluding carboxylic acids is 1. The van der Waals surface area contributed by atoms with Crippen molar-refractivity contribution in [3.05, 3.63) is 11.6 Å². The molecule has 2 aliphatic rings. The molecule has 2 fully saturated rings. The van der Waals surface area contributed by atoms with E-state index in [4.69, 9.17) is 0 Å². The van der Waals surface area contributed by atoms with Crippen LogP contribution in [0.5, 0.6) is 0 Å². The number of hydrogen-bond acceptors (Lipinski definition) is 4. The lowest BCUT2D eigenvalue weighted by atomic mass is 9.96. The maximum atomic E-state index is 12.2. The molecule has 1 saturated carbocycles. The van der Waals surface area contributed by atoms with Crippen molar-refractivity contribution < 1.29 is 9.90 Å². The Kier molecular flexibility index (Phi) is 2.81. The maximum Gasteiger partial charge on any atom is 0.293 e. The Bertz CT molecular complexity index is 455. The number of rotatable bonds is 2. The van der Waals surface area contributed by atoms with Crippen molar-refractivity contribution >= 4 is 5.91 Å². The minimum atomic E-state index is -0.440. The normalized spacial score (nSPS) is 28.4. The van der Waals surface area contributed by atoms with Crippen LogP contribution in [0.1, 0.15) is 48.5 Å². The van der Waals surface area contributed by atoms with Crippen LogP contribution in [0.25, 0.3) is 0 Å². The predicted octanol–water partition coefficient (Wildman–Crippen LogP) is 0.525. The van der Waals surface area contributed by atoms with Crippen LogP contribution >= 0.6 is 0 Å². The number of β-amino-alcohol motifs (C(OH)–C–C–N with tert-alkyl or cyclic N) is 1. The monoisotopic (exact) mass is 250 g/mol. The fourth-order valence-electron chi connectivity index (χ4n) is 2.28. The van der Waals surface area contributed by atoms with E-state index in [-0.39, 0.29) is 17.6 Å². The zero-order valence-corrected chi connectivity index (χ0v) is 10.5. The van der Waals surface area contributed by atoms with Crippen molar-refractivity contribution in [2.45, 2.75) is 38.2 Å². The summed E-state index contributed by atoms with van der Waals surface area (Å²) in [5.74, 6) is 1.60. The molecule has 0 spiro atoms. The molecule has 2 heterocycles. The Labute approximate surface area is 105 Å². The number of carbonyl (C=O) groups is 1. The molecule has 98 valence electrons. The molecule has 3 rings (SSSR count).